The molecule has 0 amide bonds. The van der Waals surface area contributed by atoms with E-state index in [2.05, 4.69) is 4.90 Å². The monoisotopic (exact) mass is 265 g/mol. The van der Waals surface area contributed by atoms with Gasteiger partial charge in [0.15, 0.2) is 0 Å². The number of carbonyl (C=O) groups is 1. The highest BCUT2D eigenvalue weighted by Gasteiger charge is 2.30. The molecule has 19 heavy (non-hydrogen) atoms. The van der Waals surface area contributed by atoms with Crippen molar-refractivity contribution in [2.45, 2.75) is 20.4 Å². The van der Waals surface area contributed by atoms with Crippen molar-refractivity contribution in [1.29, 1.82) is 0 Å². The first-order chi connectivity index (χ1) is 8.99. The number of hydrogen-bond acceptors (Lipinski definition) is 4. The number of rotatable bonds is 7. The van der Waals surface area contributed by atoms with E-state index in [1.807, 2.05) is 44.2 Å². The van der Waals surface area contributed by atoms with Gasteiger partial charge in [-0.2, -0.15) is 0 Å². The van der Waals surface area contributed by atoms with E-state index in [4.69, 9.17) is 9.84 Å². The van der Waals surface area contributed by atoms with Crippen molar-refractivity contribution in [2.75, 3.05) is 26.8 Å². The standard InChI is InChI=1S/C15H23NO3/c1-15(2,14(18)19-3)12-16(9-10-17)11-13-7-5-4-6-8-13/h4-8,17H,9-12H2,1-3H3. The quantitative estimate of drug-likeness (QED) is 0.762. The number of nitrogens with zero attached hydrogens (tertiary/aromatic N) is 1. The minimum absolute atomic E-state index is 0.0735. The van der Waals surface area contributed by atoms with E-state index in [9.17, 15) is 4.79 Å². The summed E-state index contributed by atoms with van der Waals surface area (Å²) in [6.45, 7) is 5.58. The Bertz CT molecular complexity index is 390. The molecule has 0 aliphatic carbocycles. The predicted molar refractivity (Wildman–Crippen MR) is 74.6 cm³/mol. The molecular weight excluding hydrogens is 242 g/mol. The summed E-state index contributed by atoms with van der Waals surface area (Å²) < 4.78 is 4.82. The number of ether oxygens (including phenoxy) is 1. The molecule has 4 nitrogen and oxygen atoms in total. The van der Waals surface area contributed by atoms with Crippen LogP contribution in [0.3, 0.4) is 0 Å². The van der Waals surface area contributed by atoms with Gasteiger partial charge in [0.1, 0.15) is 0 Å². The minimum atomic E-state index is -0.585. The lowest BCUT2D eigenvalue weighted by Gasteiger charge is -2.30. The van der Waals surface area contributed by atoms with Crippen LogP contribution in [-0.4, -0.2) is 42.8 Å². The van der Waals surface area contributed by atoms with Crippen molar-refractivity contribution in [3.05, 3.63) is 35.9 Å². The van der Waals surface area contributed by atoms with Crippen molar-refractivity contribution < 1.29 is 14.6 Å². The van der Waals surface area contributed by atoms with E-state index in [1.165, 1.54) is 7.11 Å². The second-order valence-electron chi connectivity index (χ2n) is 5.30. The molecule has 1 rings (SSSR count). The zero-order valence-corrected chi connectivity index (χ0v) is 11.9. The van der Waals surface area contributed by atoms with Gasteiger partial charge in [-0.15, -0.1) is 0 Å². The topological polar surface area (TPSA) is 49.8 Å². The van der Waals surface area contributed by atoms with Crippen molar-refractivity contribution in [3.63, 3.8) is 0 Å². The van der Waals surface area contributed by atoms with Gasteiger partial charge in [-0.25, -0.2) is 0 Å². The Kier molecular flexibility index (Phi) is 5.99. The number of esters is 1. The minimum Gasteiger partial charge on any atom is -0.469 e. The number of methoxy groups -OCH3 is 1. The summed E-state index contributed by atoms with van der Waals surface area (Å²) in [4.78, 5) is 13.8. The molecular formula is C15H23NO3. The maximum absolute atomic E-state index is 11.7. The Morgan fingerprint density at radius 3 is 2.47 bits per heavy atom. The van der Waals surface area contributed by atoms with E-state index in [0.717, 1.165) is 5.56 Å². The molecule has 1 aromatic rings. The summed E-state index contributed by atoms with van der Waals surface area (Å²) in [7, 11) is 1.40. The van der Waals surface area contributed by atoms with E-state index >= 15 is 0 Å². The van der Waals surface area contributed by atoms with E-state index < -0.39 is 5.41 Å². The highest BCUT2D eigenvalue weighted by Crippen LogP contribution is 2.20. The molecule has 0 saturated heterocycles. The number of aliphatic hydroxyl groups excluding tert-OH is 1. The highest BCUT2D eigenvalue weighted by molar-refractivity contribution is 5.76. The second-order valence-corrected chi connectivity index (χ2v) is 5.30. The van der Waals surface area contributed by atoms with Crippen LogP contribution in [0.2, 0.25) is 0 Å². The summed E-state index contributed by atoms with van der Waals surface area (Å²) in [5.41, 5.74) is 0.579. The zero-order chi connectivity index (χ0) is 14.3. The molecule has 0 heterocycles. The van der Waals surface area contributed by atoms with Crippen LogP contribution in [0.25, 0.3) is 0 Å². The Hall–Kier alpha value is -1.39. The van der Waals surface area contributed by atoms with Crippen molar-refractivity contribution in [3.8, 4) is 0 Å². The van der Waals surface area contributed by atoms with Crippen molar-refractivity contribution in [1.82, 2.24) is 4.90 Å². The van der Waals surface area contributed by atoms with Crippen LogP contribution in [0.1, 0.15) is 19.4 Å². The molecule has 0 unspecified atom stereocenters. The summed E-state index contributed by atoms with van der Waals surface area (Å²) in [6.07, 6.45) is 0. The van der Waals surface area contributed by atoms with E-state index in [1.54, 1.807) is 0 Å². The fourth-order valence-electron chi connectivity index (χ4n) is 2.10. The second kappa shape index (κ2) is 7.26. The number of benzene rings is 1. The zero-order valence-electron chi connectivity index (χ0n) is 11.9. The molecule has 1 N–H and O–H groups in total. The normalized spacial score (nSPS) is 11.6. The average Bonchev–Trinajstić information content (AvgIpc) is 2.38. The Morgan fingerprint density at radius 2 is 1.95 bits per heavy atom. The molecule has 4 heteroatoms. The molecule has 106 valence electrons. The first-order valence-corrected chi connectivity index (χ1v) is 6.45. The van der Waals surface area contributed by atoms with Crippen molar-refractivity contribution in [2.24, 2.45) is 5.41 Å². The SMILES string of the molecule is COC(=O)C(C)(C)CN(CCO)Cc1ccccc1. The van der Waals surface area contributed by atoms with Gasteiger partial charge in [0, 0.05) is 19.6 Å². The predicted octanol–water partition coefficient (Wildman–Crippen LogP) is 1.68. The summed E-state index contributed by atoms with van der Waals surface area (Å²) in [6, 6.07) is 10.0. The van der Waals surface area contributed by atoms with Gasteiger partial charge in [-0.1, -0.05) is 30.3 Å². The smallest absolute Gasteiger partial charge is 0.312 e. The van der Waals surface area contributed by atoms with Gasteiger partial charge in [0.25, 0.3) is 0 Å². The maximum Gasteiger partial charge on any atom is 0.312 e. The van der Waals surface area contributed by atoms with Gasteiger partial charge in [0.05, 0.1) is 19.1 Å². The Balaban J connectivity index is 2.70. The largest absolute Gasteiger partial charge is 0.469 e. The molecule has 1 aromatic carbocycles. The van der Waals surface area contributed by atoms with Crippen LogP contribution < -0.4 is 0 Å². The Labute approximate surface area is 115 Å². The third-order valence-electron chi connectivity index (χ3n) is 3.02. The third kappa shape index (κ3) is 5.01. The molecule has 0 aliphatic heterocycles. The van der Waals surface area contributed by atoms with Crippen LogP contribution in [0, 0.1) is 5.41 Å². The van der Waals surface area contributed by atoms with Crippen LogP contribution in [0.4, 0.5) is 0 Å². The fourth-order valence-corrected chi connectivity index (χ4v) is 2.10. The molecule has 0 spiro atoms. The van der Waals surface area contributed by atoms with Crippen LogP contribution in [0.15, 0.2) is 30.3 Å². The lowest BCUT2D eigenvalue weighted by Crippen LogP contribution is -2.40. The third-order valence-corrected chi connectivity index (χ3v) is 3.02. The first-order valence-electron chi connectivity index (χ1n) is 6.45. The number of aliphatic hydroxyl groups is 1. The summed E-state index contributed by atoms with van der Waals surface area (Å²) >= 11 is 0. The summed E-state index contributed by atoms with van der Waals surface area (Å²) in [5.74, 6) is -0.233. The fraction of sp³-hybridized carbons (Fsp3) is 0.533. The first kappa shape index (κ1) is 15.7. The molecule has 0 aromatic heterocycles. The molecule has 0 saturated carbocycles. The maximum atomic E-state index is 11.7. The molecule has 0 bridgehead atoms. The van der Waals surface area contributed by atoms with Crippen LogP contribution in [0.5, 0.6) is 0 Å². The van der Waals surface area contributed by atoms with Gasteiger partial charge >= 0.3 is 5.97 Å². The average molecular weight is 265 g/mol. The molecule has 0 fully saturated rings. The molecule has 0 radical (unpaired) electrons. The Morgan fingerprint density at radius 1 is 1.32 bits per heavy atom. The van der Waals surface area contributed by atoms with Gasteiger partial charge < -0.3 is 9.84 Å². The van der Waals surface area contributed by atoms with Gasteiger partial charge in [-0.3, -0.25) is 9.69 Å². The van der Waals surface area contributed by atoms with Gasteiger partial charge in [0.2, 0.25) is 0 Å². The molecule has 0 atom stereocenters. The summed E-state index contributed by atoms with van der Waals surface area (Å²) in [5, 5.41) is 9.15. The lowest BCUT2D eigenvalue weighted by molar-refractivity contribution is -0.152. The number of hydrogen-bond donors (Lipinski definition) is 1. The van der Waals surface area contributed by atoms with Crippen LogP contribution in [-0.2, 0) is 16.1 Å². The van der Waals surface area contributed by atoms with E-state index in [-0.39, 0.29) is 12.6 Å². The van der Waals surface area contributed by atoms with Crippen LogP contribution >= 0.6 is 0 Å². The van der Waals surface area contributed by atoms with E-state index in [0.29, 0.717) is 19.6 Å². The van der Waals surface area contributed by atoms with Crippen molar-refractivity contribution >= 4 is 5.97 Å². The van der Waals surface area contributed by atoms with Gasteiger partial charge in [-0.05, 0) is 19.4 Å². The highest BCUT2D eigenvalue weighted by atomic mass is 16.5. The number of carbonyl (C=O) groups excluding carboxylic acids is 1. The molecule has 0 aliphatic rings. The lowest BCUT2D eigenvalue weighted by atomic mass is 9.92.